The molecule has 1 aromatic carbocycles. The number of ether oxygens (including phenoxy) is 1. The summed E-state index contributed by atoms with van der Waals surface area (Å²) in [7, 11) is 0. The van der Waals surface area contributed by atoms with E-state index < -0.39 is 6.10 Å². The molecule has 1 unspecified atom stereocenters. The predicted molar refractivity (Wildman–Crippen MR) is 91.8 cm³/mol. The van der Waals surface area contributed by atoms with E-state index in [4.69, 9.17) is 4.74 Å². The third kappa shape index (κ3) is 8.10. The highest BCUT2D eigenvalue weighted by Gasteiger charge is 2.05. The Morgan fingerprint density at radius 3 is 2.87 bits per heavy atom. The Kier molecular flexibility index (Phi) is 9.29. The minimum Gasteiger partial charge on any atom is -0.462 e. The van der Waals surface area contributed by atoms with E-state index in [1.165, 1.54) is 0 Å². The van der Waals surface area contributed by atoms with Crippen LogP contribution in [0, 0.1) is 23.7 Å². The molecule has 0 aliphatic carbocycles. The van der Waals surface area contributed by atoms with Gasteiger partial charge in [0.05, 0.1) is 12.2 Å². The van der Waals surface area contributed by atoms with Gasteiger partial charge in [-0.05, 0) is 51.3 Å². The lowest BCUT2D eigenvalue weighted by Gasteiger charge is -2.03. The summed E-state index contributed by atoms with van der Waals surface area (Å²) in [6, 6.07) is 6.95. The molecule has 0 bridgehead atoms. The zero-order valence-electron chi connectivity index (χ0n) is 13.9. The van der Waals surface area contributed by atoms with Crippen LogP contribution in [0.1, 0.15) is 61.9 Å². The van der Waals surface area contributed by atoms with Crippen molar-refractivity contribution in [1.82, 2.24) is 0 Å². The highest BCUT2D eigenvalue weighted by Crippen LogP contribution is 2.08. The SMILES string of the molecule is CC#CCCCCCC(O)C#Cc1cccc(C(=O)OCC)c1. The van der Waals surface area contributed by atoms with Gasteiger partial charge in [0.25, 0.3) is 0 Å². The minimum atomic E-state index is -0.640. The molecule has 0 saturated heterocycles. The Morgan fingerprint density at radius 1 is 1.30 bits per heavy atom. The predicted octanol–water partition coefficient (Wildman–Crippen LogP) is 3.55. The topological polar surface area (TPSA) is 46.5 Å². The van der Waals surface area contributed by atoms with Crippen molar-refractivity contribution in [3.8, 4) is 23.7 Å². The third-order valence-electron chi connectivity index (χ3n) is 3.21. The fraction of sp³-hybridized carbons (Fsp3) is 0.450. The molecule has 3 nitrogen and oxygen atoms in total. The molecule has 0 aliphatic heterocycles. The second-order valence-electron chi connectivity index (χ2n) is 5.11. The van der Waals surface area contributed by atoms with E-state index in [1.54, 1.807) is 25.1 Å². The summed E-state index contributed by atoms with van der Waals surface area (Å²) in [6.07, 6.45) is 3.97. The molecule has 0 amide bonds. The van der Waals surface area contributed by atoms with Crippen LogP contribution in [0.5, 0.6) is 0 Å². The summed E-state index contributed by atoms with van der Waals surface area (Å²) in [6.45, 7) is 3.96. The normalized spacial score (nSPS) is 10.7. The summed E-state index contributed by atoms with van der Waals surface area (Å²) >= 11 is 0. The summed E-state index contributed by atoms with van der Waals surface area (Å²) in [5.74, 6) is 11.3. The van der Waals surface area contributed by atoms with Gasteiger partial charge in [0.15, 0.2) is 0 Å². The van der Waals surface area contributed by atoms with Gasteiger partial charge in [0.1, 0.15) is 6.10 Å². The third-order valence-corrected chi connectivity index (χ3v) is 3.21. The Morgan fingerprint density at radius 2 is 2.13 bits per heavy atom. The second kappa shape index (κ2) is 11.4. The molecular formula is C20H24O3. The Bertz CT molecular complexity index is 611. The van der Waals surface area contributed by atoms with Gasteiger partial charge in [-0.15, -0.1) is 11.8 Å². The van der Waals surface area contributed by atoms with Crippen LogP contribution in [0.2, 0.25) is 0 Å². The van der Waals surface area contributed by atoms with Crippen molar-refractivity contribution in [1.29, 1.82) is 0 Å². The van der Waals surface area contributed by atoms with Crippen LogP contribution in [0.25, 0.3) is 0 Å². The zero-order chi connectivity index (χ0) is 16.9. The van der Waals surface area contributed by atoms with Crippen molar-refractivity contribution in [2.45, 2.75) is 52.1 Å². The van der Waals surface area contributed by atoms with Crippen molar-refractivity contribution in [3.05, 3.63) is 35.4 Å². The number of aliphatic hydroxyl groups excluding tert-OH is 1. The molecule has 0 aromatic heterocycles. The minimum absolute atomic E-state index is 0.345. The van der Waals surface area contributed by atoms with Crippen LogP contribution in [0.4, 0.5) is 0 Å². The van der Waals surface area contributed by atoms with Gasteiger partial charge < -0.3 is 9.84 Å². The maximum atomic E-state index is 11.7. The number of unbranched alkanes of at least 4 members (excludes halogenated alkanes) is 3. The molecule has 122 valence electrons. The summed E-state index contributed by atoms with van der Waals surface area (Å²) in [5.41, 5.74) is 1.18. The second-order valence-corrected chi connectivity index (χ2v) is 5.11. The van der Waals surface area contributed by atoms with E-state index in [2.05, 4.69) is 23.7 Å². The van der Waals surface area contributed by atoms with Gasteiger partial charge in [-0.3, -0.25) is 0 Å². The van der Waals surface area contributed by atoms with Crippen molar-refractivity contribution in [2.24, 2.45) is 0 Å². The average Bonchev–Trinajstić information content (AvgIpc) is 2.56. The standard InChI is InChI=1S/C20H24O3/c1-3-5-6-7-8-9-13-19(21)15-14-17-11-10-12-18(16-17)20(22)23-4-2/h10-12,16,19,21H,4,6-9,13H2,1-2H3. The number of aliphatic hydroxyl groups is 1. The lowest BCUT2D eigenvalue weighted by atomic mass is 10.1. The first kappa shape index (κ1) is 18.8. The highest BCUT2D eigenvalue weighted by molar-refractivity contribution is 5.89. The molecule has 1 aromatic rings. The quantitative estimate of drug-likeness (QED) is 0.476. The number of hydrogen-bond acceptors (Lipinski definition) is 3. The molecule has 1 rings (SSSR count). The molecule has 3 heteroatoms. The van der Waals surface area contributed by atoms with Gasteiger partial charge in [0.2, 0.25) is 0 Å². The van der Waals surface area contributed by atoms with Crippen LogP contribution in [-0.4, -0.2) is 23.8 Å². The molecule has 0 saturated carbocycles. The lowest BCUT2D eigenvalue weighted by Crippen LogP contribution is -2.05. The summed E-state index contributed by atoms with van der Waals surface area (Å²) in [4.78, 5) is 11.7. The lowest BCUT2D eigenvalue weighted by molar-refractivity contribution is 0.0526. The molecule has 1 atom stereocenters. The highest BCUT2D eigenvalue weighted by atomic mass is 16.5. The summed E-state index contributed by atoms with van der Waals surface area (Å²) in [5, 5.41) is 9.88. The van der Waals surface area contributed by atoms with Crippen molar-refractivity contribution in [2.75, 3.05) is 6.61 Å². The van der Waals surface area contributed by atoms with E-state index in [0.717, 1.165) is 25.7 Å². The maximum Gasteiger partial charge on any atom is 0.338 e. The van der Waals surface area contributed by atoms with Crippen LogP contribution in [-0.2, 0) is 4.74 Å². The fourth-order valence-corrected chi connectivity index (χ4v) is 2.03. The number of rotatable bonds is 7. The van der Waals surface area contributed by atoms with Gasteiger partial charge in [-0.1, -0.05) is 24.3 Å². The van der Waals surface area contributed by atoms with E-state index in [9.17, 15) is 9.90 Å². The molecule has 1 N–H and O–H groups in total. The van der Waals surface area contributed by atoms with Crippen LogP contribution in [0.15, 0.2) is 24.3 Å². The average molecular weight is 312 g/mol. The van der Waals surface area contributed by atoms with Crippen molar-refractivity contribution in [3.63, 3.8) is 0 Å². The first-order valence-electron chi connectivity index (χ1n) is 8.03. The van der Waals surface area contributed by atoms with Gasteiger partial charge in [-0.2, -0.15) is 0 Å². The molecule has 0 radical (unpaired) electrons. The van der Waals surface area contributed by atoms with E-state index in [0.29, 0.717) is 24.2 Å². The number of esters is 1. The zero-order valence-corrected chi connectivity index (χ0v) is 13.9. The molecule has 0 fully saturated rings. The molecule has 0 heterocycles. The maximum absolute atomic E-state index is 11.7. The molecule has 23 heavy (non-hydrogen) atoms. The molecule has 0 spiro atoms. The van der Waals surface area contributed by atoms with Crippen LogP contribution >= 0.6 is 0 Å². The Balaban J connectivity index is 2.46. The van der Waals surface area contributed by atoms with Gasteiger partial charge in [-0.25, -0.2) is 4.79 Å². The first-order valence-corrected chi connectivity index (χ1v) is 8.03. The Hall–Kier alpha value is -2.23. The van der Waals surface area contributed by atoms with Crippen molar-refractivity contribution < 1.29 is 14.6 Å². The number of hydrogen-bond donors (Lipinski definition) is 1. The van der Waals surface area contributed by atoms with Gasteiger partial charge in [0, 0.05) is 12.0 Å². The van der Waals surface area contributed by atoms with Crippen molar-refractivity contribution >= 4 is 5.97 Å². The van der Waals surface area contributed by atoms with E-state index in [1.807, 2.05) is 13.0 Å². The van der Waals surface area contributed by atoms with Crippen LogP contribution < -0.4 is 0 Å². The fourth-order valence-electron chi connectivity index (χ4n) is 2.03. The monoisotopic (exact) mass is 312 g/mol. The number of benzene rings is 1. The summed E-state index contributed by atoms with van der Waals surface area (Å²) < 4.78 is 4.96. The van der Waals surface area contributed by atoms with E-state index in [-0.39, 0.29) is 5.97 Å². The first-order chi connectivity index (χ1) is 11.2. The van der Waals surface area contributed by atoms with Gasteiger partial charge >= 0.3 is 5.97 Å². The smallest absolute Gasteiger partial charge is 0.338 e. The van der Waals surface area contributed by atoms with Crippen LogP contribution in [0.3, 0.4) is 0 Å². The number of carbonyl (C=O) groups excluding carboxylic acids is 1. The van der Waals surface area contributed by atoms with E-state index >= 15 is 0 Å². The largest absolute Gasteiger partial charge is 0.462 e. The Labute approximate surface area is 139 Å². The molecule has 0 aliphatic rings. The molecular weight excluding hydrogens is 288 g/mol. The number of carbonyl (C=O) groups is 1.